The normalized spacial score (nSPS) is 23.2. The summed E-state index contributed by atoms with van der Waals surface area (Å²) < 4.78 is 0. The van der Waals surface area contributed by atoms with E-state index in [-0.39, 0.29) is 12.3 Å². The summed E-state index contributed by atoms with van der Waals surface area (Å²) in [6.07, 6.45) is 0.659. The van der Waals surface area contributed by atoms with E-state index in [0.717, 1.165) is 18.5 Å². The van der Waals surface area contributed by atoms with Gasteiger partial charge in [-0.3, -0.25) is 9.59 Å². The predicted molar refractivity (Wildman–Crippen MR) is 75.2 cm³/mol. The number of rotatable bonds is 5. The summed E-state index contributed by atoms with van der Waals surface area (Å²) in [6.45, 7) is 3.36. The molecule has 0 radical (unpaired) electrons. The van der Waals surface area contributed by atoms with E-state index in [1.807, 2.05) is 37.3 Å². The van der Waals surface area contributed by atoms with Crippen LogP contribution in [0.4, 0.5) is 0 Å². The van der Waals surface area contributed by atoms with Crippen LogP contribution in [0.5, 0.6) is 0 Å². The Morgan fingerprint density at radius 3 is 2.65 bits per heavy atom. The van der Waals surface area contributed by atoms with E-state index in [1.54, 1.807) is 0 Å². The van der Waals surface area contributed by atoms with Crippen LogP contribution in [0.1, 0.15) is 31.4 Å². The minimum Gasteiger partial charge on any atom is -0.481 e. The molecule has 0 aliphatic carbocycles. The average Bonchev–Trinajstić information content (AvgIpc) is 2.87. The molecule has 0 aromatic heterocycles. The molecular formula is C15H20N2O3. The summed E-state index contributed by atoms with van der Waals surface area (Å²) >= 11 is 0. The highest BCUT2D eigenvalue weighted by Gasteiger charge is 2.37. The van der Waals surface area contributed by atoms with E-state index in [1.165, 1.54) is 0 Å². The molecule has 1 aliphatic heterocycles. The number of carboxylic acid groups (broad SMARTS) is 1. The SMILES string of the molecule is CC1(C(=O)NC(CC(=O)O)c2ccccc2)CCNC1. The second-order valence-electron chi connectivity index (χ2n) is 5.52. The molecule has 5 nitrogen and oxygen atoms in total. The molecule has 0 spiro atoms. The van der Waals surface area contributed by atoms with Crippen LogP contribution >= 0.6 is 0 Å². The van der Waals surface area contributed by atoms with Crippen molar-refractivity contribution in [3.63, 3.8) is 0 Å². The highest BCUT2D eigenvalue weighted by Crippen LogP contribution is 2.27. The molecule has 2 atom stereocenters. The Morgan fingerprint density at radius 2 is 2.10 bits per heavy atom. The first-order valence-corrected chi connectivity index (χ1v) is 6.80. The van der Waals surface area contributed by atoms with Gasteiger partial charge in [0.1, 0.15) is 0 Å². The Labute approximate surface area is 118 Å². The summed E-state index contributed by atoms with van der Waals surface area (Å²) in [5.74, 6) is -1.01. The third kappa shape index (κ3) is 3.36. The van der Waals surface area contributed by atoms with Crippen molar-refractivity contribution in [2.75, 3.05) is 13.1 Å². The lowest BCUT2D eigenvalue weighted by Crippen LogP contribution is -2.42. The number of hydrogen-bond donors (Lipinski definition) is 3. The van der Waals surface area contributed by atoms with Gasteiger partial charge in [-0.25, -0.2) is 0 Å². The second kappa shape index (κ2) is 6.05. The molecule has 0 saturated carbocycles. The van der Waals surface area contributed by atoms with E-state index < -0.39 is 17.4 Å². The van der Waals surface area contributed by atoms with Gasteiger partial charge in [0.05, 0.1) is 17.9 Å². The number of carbonyl (C=O) groups is 2. The summed E-state index contributed by atoms with van der Waals surface area (Å²) in [5, 5.41) is 15.1. The molecule has 1 aromatic carbocycles. The quantitative estimate of drug-likeness (QED) is 0.758. The zero-order valence-electron chi connectivity index (χ0n) is 11.6. The van der Waals surface area contributed by atoms with E-state index in [4.69, 9.17) is 5.11 Å². The fourth-order valence-electron chi connectivity index (χ4n) is 2.46. The Kier molecular flexibility index (Phi) is 4.39. The molecule has 2 unspecified atom stereocenters. The van der Waals surface area contributed by atoms with Crippen molar-refractivity contribution in [3.8, 4) is 0 Å². The third-order valence-electron chi connectivity index (χ3n) is 3.80. The van der Waals surface area contributed by atoms with E-state index in [2.05, 4.69) is 10.6 Å². The van der Waals surface area contributed by atoms with Crippen molar-refractivity contribution in [2.24, 2.45) is 5.41 Å². The first kappa shape index (κ1) is 14.5. The maximum Gasteiger partial charge on any atom is 0.305 e. The molecule has 1 aliphatic rings. The van der Waals surface area contributed by atoms with Crippen LogP contribution in [0.15, 0.2) is 30.3 Å². The molecule has 3 N–H and O–H groups in total. The standard InChI is InChI=1S/C15H20N2O3/c1-15(7-8-16-10-15)14(20)17-12(9-13(18)19)11-5-3-2-4-6-11/h2-6,12,16H,7-10H2,1H3,(H,17,20)(H,18,19). The van der Waals surface area contributed by atoms with E-state index in [9.17, 15) is 9.59 Å². The molecule has 1 heterocycles. The molecular weight excluding hydrogens is 256 g/mol. The zero-order chi connectivity index (χ0) is 14.6. The van der Waals surface area contributed by atoms with Gasteiger partial charge in [-0.1, -0.05) is 30.3 Å². The summed E-state index contributed by atoms with van der Waals surface area (Å²) in [4.78, 5) is 23.4. The maximum absolute atomic E-state index is 12.4. The molecule has 2 rings (SSSR count). The van der Waals surface area contributed by atoms with Gasteiger partial charge >= 0.3 is 5.97 Å². The maximum atomic E-state index is 12.4. The van der Waals surface area contributed by atoms with Crippen LogP contribution in [0.2, 0.25) is 0 Å². The van der Waals surface area contributed by atoms with Gasteiger partial charge in [-0.05, 0) is 25.5 Å². The molecule has 5 heteroatoms. The van der Waals surface area contributed by atoms with Crippen molar-refractivity contribution >= 4 is 11.9 Å². The fourth-order valence-corrected chi connectivity index (χ4v) is 2.46. The summed E-state index contributed by atoms with van der Waals surface area (Å²) in [6, 6.07) is 8.74. The number of hydrogen-bond acceptors (Lipinski definition) is 3. The number of benzene rings is 1. The Bertz CT molecular complexity index is 481. The van der Waals surface area contributed by atoms with Gasteiger partial charge in [-0.2, -0.15) is 0 Å². The Balaban J connectivity index is 2.12. The lowest BCUT2D eigenvalue weighted by molar-refractivity contribution is -0.138. The summed E-state index contributed by atoms with van der Waals surface area (Å²) in [7, 11) is 0. The van der Waals surface area contributed by atoms with Crippen LogP contribution in [-0.2, 0) is 9.59 Å². The zero-order valence-corrected chi connectivity index (χ0v) is 11.6. The molecule has 1 amide bonds. The minimum atomic E-state index is -0.922. The molecule has 108 valence electrons. The van der Waals surface area contributed by atoms with E-state index in [0.29, 0.717) is 6.54 Å². The van der Waals surface area contributed by atoms with Crippen molar-refractivity contribution in [3.05, 3.63) is 35.9 Å². The fraction of sp³-hybridized carbons (Fsp3) is 0.467. The van der Waals surface area contributed by atoms with Gasteiger partial charge < -0.3 is 15.7 Å². The molecule has 1 aromatic rings. The molecule has 0 bridgehead atoms. The average molecular weight is 276 g/mol. The number of carboxylic acids is 1. The number of amides is 1. The van der Waals surface area contributed by atoms with Crippen molar-refractivity contribution in [1.29, 1.82) is 0 Å². The third-order valence-corrected chi connectivity index (χ3v) is 3.80. The van der Waals surface area contributed by atoms with E-state index >= 15 is 0 Å². The predicted octanol–water partition coefficient (Wildman–Crippen LogP) is 1.32. The largest absolute Gasteiger partial charge is 0.481 e. The topological polar surface area (TPSA) is 78.4 Å². The van der Waals surface area contributed by atoms with Gasteiger partial charge in [0.15, 0.2) is 0 Å². The Hall–Kier alpha value is -1.88. The van der Waals surface area contributed by atoms with Crippen LogP contribution < -0.4 is 10.6 Å². The van der Waals surface area contributed by atoms with Crippen LogP contribution in [-0.4, -0.2) is 30.1 Å². The minimum absolute atomic E-state index is 0.0856. The van der Waals surface area contributed by atoms with Crippen LogP contribution in [0.25, 0.3) is 0 Å². The Morgan fingerprint density at radius 1 is 1.40 bits per heavy atom. The smallest absolute Gasteiger partial charge is 0.305 e. The lowest BCUT2D eigenvalue weighted by Gasteiger charge is -2.26. The van der Waals surface area contributed by atoms with Gasteiger partial charge in [-0.15, -0.1) is 0 Å². The first-order valence-electron chi connectivity index (χ1n) is 6.80. The monoisotopic (exact) mass is 276 g/mol. The lowest BCUT2D eigenvalue weighted by atomic mass is 9.88. The molecule has 20 heavy (non-hydrogen) atoms. The highest BCUT2D eigenvalue weighted by molar-refractivity contribution is 5.84. The van der Waals surface area contributed by atoms with Crippen LogP contribution in [0, 0.1) is 5.41 Å². The molecule has 1 fully saturated rings. The first-order chi connectivity index (χ1) is 9.51. The summed E-state index contributed by atoms with van der Waals surface area (Å²) in [5.41, 5.74) is 0.365. The number of nitrogens with one attached hydrogen (secondary N) is 2. The van der Waals surface area contributed by atoms with Crippen molar-refractivity contribution < 1.29 is 14.7 Å². The van der Waals surface area contributed by atoms with Crippen molar-refractivity contribution in [1.82, 2.24) is 10.6 Å². The molecule has 1 saturated heterocycles. The van der Waals surface area contributed by atoms with Crippen molar-refractivity contribution in [2.45, 2.75) is 25.8 Å². The van der Waals surface area contributed by atoms with Crippen LogP contribution in [0.3, 0.4) is 0 Å². The highest BCUT2D eigenvalue weighted by atomic mass is 16.4. The van der Waals surface area contributed by atoms with Gasteiger partial charge in [0.2, 0.25) is 5.91 Å². The van der Waals surface area contributed by atoms with Gasteiger partial charge in [0.25, 0.3) is 0 Å². The number of aliphatic carboxylic acids is 1. The number of carbonyl (C=O) groups excluding carboxylic acids is 1. The second-order valence-corrected chi connectivity index (χ2v) is 5.52. The van der Waals surface area contributed by atoms with Gasteiger partial charge in [0, 0.05) is 6.54 Å².